The van der Waals surface area contributed by atoms with Gasteiger partial charge < -0.3 is 9.68 Å². The monoisotopic (exact) mass is 268 g/mol. The lowest BCUT2D eigenvalue weighted by molar-refractivity contribution is 0.0123. The average molecular weight is 268 g/mol. The second-order valence-electron chi connectivity index (χ2n) is 6.07. The molecule has 100 valence electrons. The number of hydrogen-bond donors (Lipinski definition) is 0. The van der Waals surface area contributed by atoms with Crippen LogP contribution in [0.5, 0.6) is 0 Å². The first-order chi connectivity index (χ1) is 8.55. The highest BCUT2D eigenvalue weighted by molar-refractivity contribution is 8.14. The molecule has 0 aromatic rings. The van der Waals surface area contributed by atoms with Crippen molar-refractivity contribution in [2.45, 2.75) is 51.7 Å². The van der Waals surface area contributed by atoms with Crippen molar-refractivity contribution in [3.63, 3.8) is 0 Å². The van der Waals surface area contributed by atoms with Crippen molar-refractivity contribution in [1.29, 1.82) is 0 Å². The Morgan fingerprint density at radius 2 is 2.11 bits per heavy atom. The molecule has 3 aliphatic rings. The minimum absolute atomic E-state index is 0.131. The van der Waals surface area contributed by atoms with Crippen molar-refractivity contribution >= 4 is 22.5 Å². The topological polar surface area (TPSA) is 43.2 Å². The van der Waals surface area contributed by atoms with Gasteiger partial charge in [-0.2, -0.15) is 0 Å². The molecule has 0 saturated heterocycles. The first-order valence-corrected chi connectivity index (χ1v) is 7.62. The van der Waals surface area contributed by atoms with Crippen LogP contribution >= 0.6 is 11.8 Å². The molecule has 0 amide bonds. The van der Waals surface area contributed by atoms with Crippen molar-refractivity contribution in [1.82, 2.24) is 0 Å². The van der Waals surface area contributed by atoms with E-state index in [1.807, 2.05) is 0 Å². The van der Waals surface area contributed by atoms with E-state index in [4.69, 9.17) is 9.68 Å². The molecule has 1 fully saturated rings. The van der Waals surface area contributed by atoms with E-state index in [2.05, 4.69) is 31.1 Å². The van der Waals surface area contributed by atoms with E-state index in [9.17, 15) is 0 Å². The molecular weight excluding hydrogens is 248 g/mol. The van der Waals surface area contributed by atoms with Crippen LogP contribution in [-0.2, 0) is 9.68 Å². The molecule has 1 saturated carbocycles. The molecule has 2 heterocycles. The molecule has 18 heavy (non-hydrogen) atoms. The van der Waals surface area contributed by atoms with Gasteiger partial charge in [-0.05, 0) is 39.5 Å². The molecule has 0 bridgehead atoms. The molecule has 5 heteroatoms. The second kappa shape index (κ2) is 4.44. The molecule has 2 atom stereocenters. The van der Waals surface area contributed by atoms with Gasteiger partial charge in [0, 0.05) is 18.1 Å². The van der Waals surface area contributed by atoms with Gasteiger partial charge in [0.2, 0.25) is 0 Å². The van der Waals surface area contributed by atoms with E-state index in [1.165, 1.54) is 12.8 Å². The summed E-state index contributed by atoms with van der Waals surface area (Å²) < 4.78 is 0. The largest absolute Gasteiger partial charge is 0.392 e. The Labute approximate surface area is 112 Å². The Morgan fingerprint density at radius 1 is 1.33 bits per heavy atom. The molecule has 1 aliphatic carbocycles. The van der Waals surface area contributed by atoms with Crippen LogP contribution in [0.3, 0.4) is 0 Å². The maximum Gasteiger partial charge on any atom is 0.139 e. The number of thioether (sulfide) groups is 1. The van der Waals surface area contributed by atoms with Gasteiger partial charge in [-0.25, -0.2) is 0 Å². The second-order valence-corrected chi connectivity index (χ2v) is 7.16. The maximum atomic E-state index is 5.56. The zero-order valence-electron chi connectivity index (χ0n) is 11.2. The van der Waals surface area contributed by atoms with E-state index in [0.717, 1.165) is 28.8 Å². The van der Waals surface area contributed by atoms with E-state index in [1.54, 1.807) is 11.8 Å². The van der Waals surface area contributed by atoms with Gasteiger partial charge in [-0.1, -0.05) is 10.3 Å². The number of rotatable bonds is 3. The third kappa shape index (κ3) is 2.51. The third-order valence-electron chi connectivity index (χ3n) is 3.74. The smallest absolute Gasteiger partial charge is 0.139 e. The number of hydrogen-bond acceptors (Lipinski definition) is 5. The summed E-state index contributed by atoms with van der Waals surface area (Å²) >= 11 is 1.80. The van der Waals surface area contributed by atoms with Crippen LogP contribution < -0.4 is 0 Å². The van der Waals surface area contributed by atoms with Gasteiger partial charge in [0.05, 0.1) is 5.71 Å². The van der Waals surface area contributed by atoms with Gasteiger partial charge in [0.15, 0.2) is 0 Å². The fraction of sp³-hybridized carbons (Fsp3) is 0.846. The summed E-state index contributed by atoms with van der Waals surface area (Å²) in [5, 5.41) is 9.43. The molecule has 3 rings (SSSR count). The van der Waals surface area contributed by atoms with Crippen LogP contribution in [0.4, 0.5) is 0 Å². The summed E-state index contributed by atoms with van der Waals surface area (Å²) in [4.78, 5) is 10.9. The molecule has 2 unspecified atom stereocenters. The number of oxime groups is 2. The SMILES string of the molecule is CC1=NOC(C2CC2)C1CSC1=NOC(C)(C)C1. The van der Waals surface area contributed by atoms with Crippen LogP contribution in [0.1, 0.15) is 40.0 Å². The fourth-order valence-corrected chi connectivity index (χ4v) is 3.79. The van der Waals surface area contributed by atoms with Crippen LogP contribution in [0.15, 0.2) is 10.3 Å². The van der Waals surface area contributed by atoms with Crippen molar-refractivity contribution in [3.05, 3.63) is 0 Å². The Balaban J connectivity index is 1.54. The van der Waals surface area contributed by atoms with Gasteiger partial charge >= 0.3 is 0 Å². The van der Waals surface area contributed by atoms with Crippen molar-refractivity contribution in [2.24, 2.45) is 22.1 Å². The first kappa shape index (κ1) is 12.3. The van der Waals surface area contributed by atoms with Crippen molar-refractivity contribution in [3.8, 4) is 0 Å². The van der Waals surface area contributed by atoms with Crippen molar-refractivity contribution < 1.29 is 9.68 Å². The highest BCUT2D eigenvalue weighted by Crippen LogP contribution is 2.42. The molecule has 0 radical (unpaired) electrons. The zero-order valence-corrected chi connectivity index (χ0v) is 12.0. The Kier molecular flexibility index (Phi) is 3.04. The summed E-state index contributed by atoms with van der Waals surface area (Å²) in [7, 11) is 0. The fourth-order valence-electron chi connectivity index (χ4n) is 2.44. The first-order valence-electron chi connectivity index (χ1n) is 6.63. The molecule has 0 aromatic carbocycles. The lowest BCUT2D eigenvalue weighted by Gasteiger charge is -2.17. The molecule has 4 nitrogen and oxygen atoms in total. The van der Waals surface area contributed by atoms with Gasteiger partial charge in [-0.15, -0.1) is 11.8 Å². The molecule has 0 spiro atoms. The quantitative estimate of drug-likeness (QED) is 0.790. The minimum atomic E-state index is -0.131. The summed E-state index contributed by atoms with van der Waals surface area (Å²) in [6.07, 6.45) is 3.82. The third-order valence-corrected chi connectivity index (χ3v) is 4.82. The minimum Gasteiger partial charge on any atom is -0.392 e. The summed E-state index contributed by atoms with van der Waals surface area (Å²) in [6, 6.07) is 0. The van der Waals surface area contributed by atoms with Gasteiger partial charge in [0.1, 0.15) is 16.7 Å². The van der Waals surface area contributed by atoms with E-state index < -0.39 is 0 Å². The summed E-state index contributed by atoms with van der Waals surface area (Å²) in [5.74, 6) is 2.19. The lowest BCUT2D eigenvalue weighted by atomic mass is 9.97. The van der Waals surface area contributed by atoms with Gasteiger partial charge in [0.25, 0.3) is 0 Å². The highest BCUT2D eigenvalue weighted by Gasteiger charge is 2.43. The highest BCUT2D eigenvalue weighted by atomic mass is 32.2. The van der Waals surface area contributed by atoms with Gasteiger partial charge in [-0.3, -0.25) is 0 Å². The summed E-state index contributed by atoms with van der Waals surface area (Å²) in [5.41, 5.74) is 1.01. The molecular formula is C13H20N2O2S. The Hall–Kier alpha value is -0.710. The van der Waals surface area contributed by atoms with Crippen LogP contribution in [0, 0.1) is 11.8 Å². The normalized spacial score (nSPS) is 33.7. The lowest BCUT2D eigenvalue weighted by Crippen LogP contribution is -2.27. The predicted molar refractivity (Wildman–Crippen MR) is 73.9 cm³/mol. The summed E-state index contributed by atoms with van der Waals surface area (Å²) in [6.45, 7) is 6.22. The number of nitrogens with zero attached hydrogens (tertiary/aromatic N) is 2. The van der Waals surface area contributed by atoms with Crippen LogP contribution in [0.2, 0.25) is 0 Å². The molecule has 2 aliphatic heterocycles. The van der Waals surface area contributed by atoms with Crippen LogP contribution in [0.25, 0.3) is 0 Å². The van der Waals surface area contributed by atoms with E-state index in [-0.39, 0.29) is 5.60 Å². The maximum absolute atomic E-state index is 5.56. The average Bonchev–Trinajstić information content (AvgIpc) is 3.00. The van der Waals surface area contributed by atoms with Crippen LogP contribution in [-0.4, -0.2) is 28.2 Å². The molecule has 0 N–H and O–H groups in total. The van der Waals surface area contributed by atoms with E-state index >= 15 is 0 Å². The Bertz CT molecular complexity index is 402. The molecule has 0 aromatic heterocycles. The zero-order chi connectivity index (χ0) is 12.8. The predicted octanol–water partition coefficient (Wildman–Crippen LogP) is 3.03. The van der Waals surface area contributed by atoms with E-state index in [0.29, 0.717) is 12.0 Å². The van der Waals surface area contributed by atoms with Crippen molar-refractivity contribution in [2.75, 3.05) is 5.75 Å². The standard InChI is InChI=1S/C13H20N2O2S/c1-8-10(12(16-14-8)9-4-5-9)7-18-11-6-13(2,3)17-15-11/h9-10,12H,4-7H2,1-3H3. The Morgan fingerprint density at radius 3 is 2.72 bits per heavy atom.